The van der Waals surface area contributed by atoms with Crippen molar-refractivity contribution in [1.82, 2.24) is 4.90 Å². The highest BCUT2D eigenvalue weighted by molar-refractivity contribution is 5.76. The van der Waals surface area contributed by atoms with E-state index in [9.17, 15) is 14.4 Å². The average Bonchev–Trinajstić information content (AvgIpc) is 3.09. The second kappa shape index (κ2) is 32.3. The van der Waals surface area contributed by atoms with Crippen LogP contribution in [0.5, 0.6) is 0 Å². The van der Waals surface area contributed by atoms with Gasteiger partial charge in [0.1, 0.15) is 19.3 Å². The highest BCUT2D eigenvalue weighted by atomic mass is 16.5. The van der Waals surface area contributed by atoms with Crippen LogP contribution in [0.3, 0.4) is 0 Å². The monoisotopic (exact) mass is 734 g/mol. The Hall–Kier alpha value is -2.15. The summed E-state index contributed by atoms with van der Waals surface area (Å²) in [4.78, 5) is 40.2. The summed E-state index contributed by atoms with van der Waals surface area (Å²) in [6.45, 7) is 13.9. The van der Waals surface area contributed by atoms with Crippen molar-refractivity contribution < 1.29 is 28.6 Å². The highest BCUT2D eigenvalue weighted by Gasteiger charge is 2.29. The molecule has 52 heavy (non-hydrogen) atoms. The molecule has 0 spiro atoms. The van der Waals surface area contributed by atoms with Gasteiger partial charge in [-0.2, -0.15) is 0 Å². The van der Waals surface area contributed by atoms with Crippen molar-refractivity contribution in [3.63, 3.8) is 0 Å². The molecule has 0 heterocycles. The van der Waals surface area contributed by atoms with Crippen molar-refractivity contribution >= 4 is 17.9 Å². The molecule has 0 bridgehead atoms. The lowest BCUT2D eigenvalue weighted by molar-refractivity contribution is -0.153. The Labute approximate surface area is 321 Å². The molecule has 0 aliphatic rings. The van der Waals surface area contributed by atoms with Crippen LogP contribution >= 0.6 is 0 Å². The molecule has 0 atom stereocenters. The summed E-state index contributed by atoms with van der Waals surface area (Å²) in [5.41, 5.74) is -1.03. The number of esters is 3. The van der Waals surface area contributed by atoms with Crippen LogP contribution in [0.2, 0.25) is 0 Å². The zero-order valence-electron chi connectivity index (χ0n) is 35.4. The SMILES string of the molecule is CCCCCCC/C=C\COC(=O)C(C)(C)CCCCCC(CCCCCC(C)(C)C(=O)OC/C=C\CCCCCCC)OC(=O)CCCN(C)C. The Balaban J connectivity index is 4.57. The van der Waals surface area contributed by atoms with Gasteiger partial charge in [0.05, 0.1) is 10.8 Å². The third-order valence-corrected chi connectivity index (χ3v) is 9.95. The molecule has 0 aromatic carbocycles. The van der Waals surface area contributed by atoms with E-state index in [0.29, 0.717) is 19.6 Å². The van der Waals surface area contributed by atoms with Gasteiger partial charge in [-0.25, -0.2) is 0 Å². The minimum absolute atomic E-state index is 0.0975. The van der Waals surface area contributed by atoms with E-state index in [1.807, 2.05) is 53.9 Å². The summed E-state index contributed by atoms with van der Waals surface area (Å²) < 4.78 is 17.1. The molecular formula is C45H83NO6. The molecule has 0 unspecified atom stereocenters. The normalized spacial score (nSPS) is 12.4. The van der Waals surface area contributed by atoms with Gasteiger partial charge < -0.3 is 19.1 Å². The van der Waals surface area contributed by atoms with Crippen LogP contribution < -0.4 is 0 Å². The topological polar surface area (TPSA) is 82.1 Å². The van der Waals surface area contributed by atoms with Gasteiger partial charge in [-0.1, -0.05) is 115 Å². The first-order valence-corrected chi connectivity index (χ1v) is 21.3. The molecule has 7 heteroatoms. The second-order valence-electron chi connectivity index (χ2n) is 16.5. The first kappa shape index (κ1) is 49.9. The van der Waals surface area contributed by atoms with Gasteiger partial charge in [0.15, 0.2) is 0 Å². The molecule has 0 radical (unpaired) electrons. The van der Waals surface area contributed by atoms with Crippen molar-refractivity contribution in [3.8, 4) is 0 Å². The first-order valence-electron chi connectivity index (χ1n) is 21.3. The Morgan fingerprint density at radius 2 is 0.981 bits per heavy atom. The molecule has 0 aromatic rings. The number of ether oxygens (including phenoxy) is 3. The van der Waals surface area contributed by atoms with E-state index in [1.165, 1.54) is 64.2 Å². The summed E-state index contributed by atoms with van der Waals surface area (Å²) in [6.07, 6.45) is 33.0. The van der Waals surface area contributed by atoms with E-state index in [0.717, 1.165) is 90.0 Å². The maximum Gasteiger partial charge on any atom is 0.311 e. The van der Waals surface area contributed by atoms with Gasteiger partial charge in [0.25, 0.3) is 0 Å². The van der Waals surface area contributed by atoms with Gasteiger partial charge in [0, 0.05) is 6.42 Å². The predicted octanol–water partition coefficient (Wildman–Crippen LogP) is 12.1. The predicted molar refractivity (Wildman–Crippen MR) is 218 cm³/mol. The number of nitrogens with zero attached hydrogens (tertiary/aromatic N) is 1. The van der Waals surface area contributed by atoms with E-state index < -0.39 is 10.8 Å². The lowest BCUT2D eigenvalue weighted by Gasteiger charge is -2.23. The zero-order chi connectivity index (χ0) is 38.9. The molecule has 0 aliphatic heterocycles. The van der Waals surface area contributed by atoms with Crippen molar-refractivity contribution in [2.75, 3.05) is 33.9 Å². The summed E-state index contributed by atoms with van der Waals surface area (Å²) in [5.74, 6) is -0.390. The van der Waals surface area contributed by atoms with E-state index >= 15 is 0 Å². The zero-order valence-corrected chi connectivity index (χ0v) is 35.4. The number of hydrogen-bond acceptors (Lipinski definition) is 7. The van der Waals surface area contributed by atoms with Crippen LogP contribution in [0.15, 0.2) is 24.3 Å². The number of hydrogen-bond donors (Lipinski definition) is 0. The summed E-state index contributed by atoms with van der Waals surface area (Å²) >= 11 is 0. The minimum Gasteiger partial charge on any atom is -0.462 e. The van der Waals surface area contributed by atoms with Crippen LogP contribution in [0.25, 0.3) is 0 Å². The molecule has 7 nitrogen and oxygen atoms in total. The maximum atomic E-state index is 12.7. The van der Waals surface area contributed by atoms with Crippen LogP contribution in [0, 0.1) is 10.8 Å². The molecule has 0 fully saturated rings. The summed E-state index contributed by atoms with van der Waals surface area (Å²) in [7, 11) is 4.03. The maximum absolute atomic E-state index is 12.7. The van der Waals surface area contributed by atoms with E-state index in [4.69, 9.17) is 14.2 Å². The molecule has 0 aromatic heterocycles. The molecule has 0 N–H and O–H groups in total. The van der Waals surface area contributed by atoms with Crippen molar-refractivity contribution in [2.24, 2.45) is 10.8 Å². The largest absolute Gasteiger partial charge is 0.462 e. The van der Waals surface area contributed by atoms with Crippen molar-refractivity contribution in [3.05, 3.63) is 24.3 Å². The molecule has 304 valence electrons. The lowest BCUT2D eigenvalue weighted by Crippen LogP contribution is -2.26. The lowest BCUT2D eigenvalue weighted by atomic mass is 9.86. The Morgan fingerprint density at radius 1 is 0.558 bits per heavy atom. The van der Waals surface area contributed by atoms with Crippen molar-refractivity contribution in [2.45, 2.75) is 202 Å². The van der Waals surface area contributed by atoms with Gasteiger partial charge in [-0.05, 0) is 119 Å². The molecule has 0 amide bonds. The number of carbonyl (C=O) groups is 3. The fraction of sp³-hybridized carbons (Fsp3) is 0.844. The van der Waals surface area contributed by atoms with Gasteiger partial charge in [-0.3, -0.25) is 14.4 Å². The average molecular weight is 734 g/mol. The second-order valence-corrected chi connectivity index (χ2v) is 16.5. The third-order valence-electron chi connectivity index (χ3n) is 9.95. The smallest absolute Gasteiger partial charge is 0.311 e. The van der Waals surface area contributed by atoms with Crippen LogP contribution in [0.4, 0.5) is 0 Å². The number of rotatable bonds is 35. The Morgan fingerprint density at radius 3 is 1.40 bits per heavy atom. The quantitative estimate of drug-likeness (QED) is 0.0277. The molecule has 0 aliphatic carbocycles. The van der Waals surface area contributed by atoms with Crippen LogP contribution in [-0.2, 0) is 28.6 Å². The first-order chi connectivity index (χ1) is 24.9. The van der Waals surface area contributed by atoms with Gasteiger partial charge in [-0.15, -0.1) is 0 Å². The number of carbonyl (C=O) groups excluding carboxylic acids is 3. The Kier molecular flexibility index (Phi) is 31.0. The fourth-order valence-corrected chi connectivity index (χ4v) is 6.22. The number of allylic oxidation sites excluding steroid dienone is 2. The van der Waals surface area contributed by atoms with Crippen molar-refractivity contribution in [1.29, 1.82) is 0 Å². The van der Waals surface area contributed by atoms with E-state index in [2.05, 4.69) is 30.9 Å². The van der Waals surface area contributed by atoms with Crippen LogP contribution in [0.1, 0.15) is 196 Å². The summed E-state index contributed by atoms with van der Waals surface area (Å²) in [6, 6.07) is 0. The fourth-order valence-electron chi connectivity index (χ4n) is 6.22. The third kappa shape index (κ3) is 29.3. The summed E-state index contributed by atoms with van der Waals surface area (Å²) in [5, 5.41) is 0. The van der Waals surface area contributed by atoms with Gasteiger partial charge in [0.2, 0.25) is 0 Å². The minimum atomic E-state index is -0.517. The molecule has 0 saturated carbocycles. The highest BCUT2D eigenvalue weighted by Crippen LogP contribution is 2.28. The standard InChI is InChI=1S/C45H83NO6/c1-9-11-13-15-17-19-21-29-38-50-42(48)44(3,4)35-27-23-25-32-40(52-41(47)34-31-37-46(7)8)33-26-24-28-36-45(5,6)43(49)51-39-30-22-20-18-16-14-12-10-2/h21-22,29-30,40H,9-20,23-28,31-39H2,1-8H3/b29-21-,30-22-. The molecule has 0 saturated heterocycles. The molecular weight excluding hydrogens is 650 g/mol. The van der Waals surface area contributed by atoms with Gasteiger partial charge >= 0.3 is 17.9 Å². The Bertz CT molecular complexity index is 891. The van der Waals surface area contributed by atoms with E-state index in [1.54, 1.807) is 0 Å². The number of unbranched alkanes of at least 4 members (excludes halogenated alkanes) is 14. The van der Waals surface area contributed by atoms with E-state index in [-0.39, 0.29) is 24.0 Å². The molecule has 0 rings (SSSR count). The van der Waals surface area contributed by atoms with Crippen LogP contribution in [-0.4, -0.2) is 62.8 Å².